The van der Waals surface area contributed by atoms with Crippen molar-refractivity contribution in [2.45, 2.75) is 58.6 Å². The van der Waals surface area contributed by atoms with Gasteiger partial charge in [0, 0.05) is 25.4 Å². The van der Waals surface area contributed by atoms with Crippen LogP contribution in [0.4, 0.5) is 0 Å². The molecular weight excluding hydrogens is 226 g/mol. The lowest BCUT2D eigenvalue weighted by Crippen LogP contribution is -2.33. The largest absolute Gasteiger partial charge is 0.390 e. The topological polar surface area (TPSA) is 50.1 Å². The summed E-state index contributed by atoms with van der Waals surface area (Å²) in [5.74, 6) is 0.984. The van der Waals surface area contributed by atoms with Crippen molar-refractivity contribution in [1.82, 2.24) is 14.9 Å². The molecule has 104 valence electrons. The third kappa shape index (κ3) is 5.19. The molecule has 0 radical (unpaired) electrons. The van der Waals surface area contributed by atoms with E-state index in [1.807, 2.05) is 19.3 Å². The molecule has 4 heteroatoms. The van der Waals surface area contributed by atoms with E-state index in [0.29, 0.717) is 6.42 Å². The zero-order valence-electron chi connectivity index (χ0n) is 11.9. The lowest BCUT2D eigenvalue weighted by Gasteiger charge is -2.23. The molecular formula is C14H27N3O. The number of hydrogen-bond donors (Lipinski definition) is 2. The molecule has 0 saturated heterocycles. The highest BCUT2D eigenvalue weighted by atomic mass is 16.3. The van der Waals surface area contributed by atoms with Crippen molar-refractivity contribution in [3.8, 4) is 0 Å². The number of aliphatic hydroxyl groups is 1. The van der Waals surface area contributed by atoms with Gasteiger partial charge in [-0.2, -0.15) is 0 Å². The van der Waals surface area contributed by atoms with Gasteiger partial charge < -0.3 is 15.0 Å². The van der Waals surface area contributed by atoms with Gasteiger partial charge in [0.2, 0.25) is 0 Å². The first-order chi connectivity index (χ1) is 8.59. The standard InChI is InChI=1S/C14H27N3O/c1-4-7-15-8-6-14(3,18)12-13-16-9-11-17(13)10-5-2/h9,11,15,18H,4-8,10,12H2,1-3H3. The van der Waals surface area contributed by atoms with Crippen molar-refractivity contribution >= 4 is 0 Å². The molecule has 0 aromatic carbocycles. The third-order valence-electron chi connectivity index (χ3n) is 3.07. The molecule has 1 rings (SSSR count). The van der Waals surface area contributed by atoms with E-state index < -0.39 is 5.60 Å². The predicted molar refractivity (Wildman–Crippen MR) is 74.6 cm³/mol. The molecule has 1 aromatic heterocycles. The first kappa shape index (κ1) is 15.2. The Morgan fingerprint density at radius 2 is 2.11 bits per heavy atom. The van der Waals surface area contributed by atoms with E-state index in [1.165, 1.54) is 0 Å². The van der Waals surface area contributed by atoms with E-state index in [-0.39, 0.29) is 0 Å². The maximum Gasteiger partial charge on any atom is 0.111 e. The van der Waals surface area contributed by atoms with Crippen LogP contribution in [0.3, 0.4) is 0 Å². The molecule has 1 heterocycles. The van der Waals surface area contributed by atoms with E-state index in [0.717, 1.165) is 44.7 Å². The van der Waals surface area contributed by atoms with Gasteiger partial charge in [-0.15, -0.1) is 0 Å². The minimum absolute atomic E-state index is 0.619. The van der Waals surface area contributed by atoms with Crippen molar-refractivity contribution in [1.29, 1.82) is 0 Å². The van der Waals surface area contributed by atoms with Gasteiger partial charge >= 0.3 is 0 Å². The van der Waals surface area contributed by atoms with Crippen molar-refractivity contribution in [3.63, 3.8) is 0 Å². The van der Waals surface area contributed by atoms with Crippen molar-refractivity contribution in [2.24, 2.45) is 0 Å². The highest BCUT2D eigenvalue weighted by Gasteiger charge is 2.22. The Labute approximate surface area is 110 Å². The van der Waals surface area contributed by atoms with Crippen LogP contribution < -0.4 is 5.32 Å². The molecule has 1 atom stereocenters. The lowest BCUT2D eigenvalue weighted by molar-refractivity contribution is 0.0487. The van der Waals surface area contributed by atoms with Gasteiger partial charge in [0.05, 0.1) is 5.60 Å². The minimum Gasteiger partial charge on any atom is -0.390 e. The SMILES string of the molecule is CCCNCCC(C)(O)Cc1nccn1CCC. The van der Waals surface area contributed by atoms with E-state index in [9.17, 15) is 5.11 Å². The van der Waals surface area contributed by atoms with E-state index in [1.54, 1.807) is 0 Å². The van der Waals surface area contributed by atoms with Crippen LogP contribution in [0.1, 0.15) is 45.9 Å². The van der Waals surface area contributed by atoms with Gasteiger partial charge in [-0.3, -0.25) is 0 Å². The molecule has 0 spiro atoms. The Morgan fingerprint density at radius 1 is 1.33 bits per heavy atom. The van der Waals surface area contributed by atoms with Crippen LogP contribution in [0.25, 0.3) is 0 Å². The third-order valence-corrected chi connectivity index (χ3v) is 3.07. The van der Waals surface area contributed by atoms with Crippen LogP contribution in [-0.2, 0) is 13.0 Å². The average molecular weight is 253 g/mol. The summed E-state index contributed by atoms with van der Waals surface area (Å²) in [6.45, 7) is 9.03. The second kappa shape index (κ2) is 7.54. The van der Waals surface area contributed by atoms with Crippen LogP contribution in [0.5, 0.6) is 0 Å². The second-order valence-electron chi connectivity index (χ2n) is 5.21. The zero-order valence-corrected chi connectivity index (χ0v) is 11.9. The number of imidazole rings is 1. The summed E-state index contributed by atoms with van der Waals surface area (Å²) >= 11 is 0. The van der Waals surface area contributed by atoms with Crippen LogP contribution in [0.15, 0.2) is 12.4 Å². The molecule has 0 saturated carbocycles. The smallest absolute Gasteiger partial charge is 0.111 e. The molecule has 0 bridgehead atoms. The number of hydrogen-bond acceptors (Lipinski definition) is 3. The summed E-state index contributed by atoms with van der Waals surface area (Å²) < 4.78 is 2.13. The quantitative estimate of drug-likeness (QED) is 0.662. The highest BCUT2D eigenvalue weighted by molar-refractivity contribution is 4.97. The van der Waals surface area contributed by atoms with Crippen LogP contribution in [0.2, 0.25) is 0 Å². The molecule has 0 aliphatic heterocycles. The highest BCUT2D eigenvalue weighted by Crippen LogP contribution is 2.15. The summed E-state index contributed by atoms with van der Waals surface area (Å²) in [7, 11) is 0. The number of aryl methyl sites for hydroxylation is 1. The summed E-state index contributed by atoms with van der Waals surface area (Å²) in [6.07, 6.45) is 7.40. The molecule has 0 aliphatic carbocycles. The van der Waals surface area contributed by atoms with Crippen molar-refractivity contribution in [3.05, 3.63) is 18.2 Å². The summed E-state index contributed by atoms with van der Waals surface area (Å²) in [4.78, 5) is 4.35. The maximum absolute atomic E-state index is 10.4. The number of nitrogens with zero attached hydrogens (tertiary/aromatic N) is 2. The fourth-order valence-electron chi connectivity index (χ4n) is 2.04. The fourth-order valence-corrected chi connectivity index (χ4v) is 2.04. The number of aromatic nitrogens is 2. The van der Waals surface area contributed by atoms with Crippen molar-refractivity contribution < 1.29 is 5.11 Å². The van der Waals surface area contributed by atoms with Crippen LogP contribution in [-0.4, -0.2) is 33.3 Å². The van der Waals surface area contributed by atoms with Crippen LogP contribution >= 0.6 is 0 Å². The van der Waals surface area contributed by atoms with Crippen molar-refractivity contribution in [2.75, 3.05) is 13.1 Å². The summed E-state index contributed by atoms with van der Waals surface area (Å²) in [5, 5.41) is 13.7. The van der Waals surface area contributed by atoms with Gasteiger partial charge in [0.25, 0.3) is 0 Å². The van der Waals surface area contributed by atoms with E-state index in [2.05, 4.69) is 28.7 Å². The zero-order chi connectivity index (χ0) is 13.4. The Morgan fingerprint density at radius 3 is 2.78 bits per heavy atom. The molecule has 0 fully saturated rings. The molecule has 0 aliphatic rings. The molecule has 18 heavy (non-hydrogen) atoms. The minimum atomic E-state index is -0.683. The Balaban J connectivity index is 2.45. The summed E-state index contributed by atoms with van der Waals surface area (Å²) in [5.41, 5.74) is -0.683. The molecule has 1 aromatic rings. The average Bonchev–Trinajstić information content (AvgIpc) is 2.72. The summed E-state index contributed by atoms with van der Waals surface area (Å²) in [6, 6.07) is 0. The van der Waals surface area contributed by atoms with E-state index in [4.69, 9.17) is 0 Å². The van der Waals surface area contributed by atoms with Gasteiger partial charge in [-0.05, 0) is 39.3 Å². The Bertz CT molecular complexity index is 334. The first-order valence-electron chi connectivity index (χ1n) is 7.02. The van der Waals surface area contributed by atoms with Gasteiger partial charge in [0.15, 0.2) is 0 Å². The Hall–Kier alpha value is -0.870. The molecule has 0 amide bonds. The molecule has 1 unspecified atom stereocenters. The maximum atomic E-state index is 10.4. The second-order valence-corrected chi connectivity index (χ2v) is 5.21. The Kier molecular flexibility index (Phi) is 6.36. The predicted octanol–water partition coefficient (Wildman–Crippen LogP) is 1.98. The van der Waals surface area contributed by atoms with Crippen LogP contribution in [0, 0.1) is 0 Å². The van der Waals surface area contributed by atoms with Gasteiger partial charge in [-0.1, -0.05) is 13.8 Å². The van der Waals surface area contributed by atoms with E-state index >= 15 is 0 Å². The van der Waals surface area contributed by atoms with Gasteiger partial charge in [0.1, 0.15) is 5.82 Å². The lowest BCUT2D eigenvalue weighted by atomic mass is 9.97. The first-order valence-corrected chi connectivity index (χ1v) is 7.02. The number of rotatable bonds is 9. The number of nitrogens with one attached hydrogen (secondary N) is 1. The monoisotopic (exact) mass is 253 g/mol. The molecule has 4 nitrogen and oxygen atoms in total. The molecule has 2 N–H and O–H groups in total. The van der Waals surface area contributed by atoms with Gasteiger partial charge in [-0.25, -0.2) is 4.98 Å². The normalized spacial score (nSPS) is 14.7. The fraction of sp³-hybridized carbons (Fsp3) is 0.786.